The fraction of sp³-hybridized carbons (Fsp3) is 0.381. The molecule has 136 valence electrons. The number of benzene rings is 1. The van der Waals surface area contributed by atoms with Crippen molar-refractivity contribution in [3.63, 3.8) is 0 Å². The van der Waals surface area contributed by atoms with Crippen LogP contribution in [0.5, 0.6) is 0 Å². The summed E-state index contributed by atoms with van der Waals surface area (Å²) in [5.74, 6) is -0.0377. The normalized spacial score (nSPS) is 16.4. The lowest BCUT2D eigenvalue weighted by atomic mass is 10.1. The van der Waals surface area contributed by atoms with Crippen LogP contribution in [0, 0.1) is 0 Å². The quantitative estimate of drug-likeness (QED) is 0.684. The summed E-state index contributed by atoms with van der Waals surface area (Å²) in [5, 5.41) is 0. The molecule has 1 aromatic carbocycles. The number of nitrogens with zero attached hydrogens (tertiary/aromatic N) is 2. The van der Waals surface area contributed by atoms with Gasteiger partial charge in [0.2, 0.25) is 5.91 Å². The number of hydrogen-bond acceptors (Lipinski definition) is 4. The standard InChI is InChI=1S/C21H24N2O3/c24-20(17-7-2-1-3-8-17)11-12-21(25)23(16-19-10-6-14-26-19)15-18-9-4-5-13-22-18/h1-5,7-9,13,19H,6,10-12,14-16H2. The Morgan fingerprint density at radius 2 is 1.88 bits per heavy atom. The van der Waals surface area contributed by atoms with Crippen molar-refractivity contribution in [2.45, 2.75) is 38.3 Å². The first-order chi connectivity index (χ1) is 12.7. The molecule has 5 heteroatoms. The average molecular weight is 352 g/mol. The van der Waals surface area contributed by atoms with Gasteiger partial charge in [0.1, 0.15) is 0 Å². The fourth-order valence-corrected chi connectivity index (χ4v) is 3.12. The highest BCUT2D eigenvalue weighted by atomic mass is 16.5. The van der Waals surface area contributed by atoms with Gasteiger partial charge in [-0.15, -0.1) is 0 Å². The van der Waals surface area contributed by atoms with E-state index in [0.717, 1.165) is 25.1 Å². The van der Waals surface area contributed by atoms with E-state index in [4.69, 9.17) is 4.74 Å². The van der Waals surface area contributed by atoms with Crippen molar-refractivity contribution < 1.29 is 14.3 Å². The first-order valence-corrected chi connectivity index (χ1v) is 9.10. The second-order valence-corrected chi connectivity index (χ2v) is 6.52. The number of carbonyl (C=O) groups excluding carboxylic acids is 2. The summed E-state index contributed by atoms with van der Waals surface area (Å²) in [6.45, 7) is 1.75. The summed E-state index contributed by atoms with van der Waals surface area (Å²) in [6, 6.07) is 14.8. The zero-order valence-corrected chi connectivity index (χ0v) is 14.8. The Labute approximate surface area is 154 Å². The van der Waals surface area contributed by atoms with Crippen LogP contribution in [0.2, 0.25) is 0 Å². The number of carbonyl (C=O) groups is 2. The maximum absolute atomic E-state index is 12.8. The first kappa shape index (κ1) is 18.3. The van der Waals surface area contributed by atoms with Crippen LogP contribution in [0.25, 0.3) is 0 Å². The Morgan fingerprint density at radius 3 is 2.58 bits per heavy atom. The number of amides is 1. The van der Waals surface area contributed by atoms with Gasteiger partial charge in [0.05, 0.1) is 18.3 Å². The van der Waals surface area contributed by atoms with Gasteiger partial charge in [-0.3, -0.25) is 14.6 Å². The minimum atomic E-state index is -0.0320. The number of Topliss-reactive ketones (excluding diaryl/α,β-unsaturated/α-hetero) is 1. The summed E-state index contributed by atoms with van der Waals surface area (Å²) in [7, 11) is 0. The van der Waals surface area contributed by atoms with Crippen LogP contribution in [0.4, 0.5) is 0 Å². The molecule has 0 bridgehead atoms. The van der Waals surface area contributed by atoms with Gasteiger partial charge < -0.3 is 9.64 Å². The maximum atomic E-state index is 12.8. The van der Waals surface area contributed by atoms with Crippen LogP contribution in [0.3, 0.4) is 0 Å². The van der Waals surface area contributed by atoms with Crippen molar-refractivity contribution in [2.75, 3.05) is 13.2 Å². The molecular weight excluding hydrogens is 328 g/mol. The van der Waals surface area contributed by atoms with Gasteiger partial charge >= 0.3 is 0 Å². The van der Waals surface area contributed by atoms with Gasteiger partial charge in [0.25, 0.3) is 0 Å². The molecule has 0 spiro atoms. The third-order valence-electron chi connectivity index (χ3n) is 4.54. The SMILES string of the molecule is O=C(CCC(=O)N(Cc1ccccn1)CC1CCCO1)c1ccccc1. The average Bonchev–Trinajstić information content (AvgIpc) is 3.20. The number of ketones is 1. The second kappa shape index (κ2) is 9.25. The topological polar surface area (TPSA) is 59.5 Å². The number of rotatable bonds is 8. The zero-order chi connectivity index (χ0) is 18.2. The Hall–Kier alpha value is -2.53. The van der Waals surface area contributed by atoms with E-state index in [1.807, 2.05) is 36.4 Å². The van der Waals surface area contributed by atoms with Crippen molar-refractivity contribution in [2.24, 2.45) is 0 Å². The third kappa shape index (κ3) is 5.23. The molecule has 0 radical (unpaired) electrons. The Kier molecular flexibility index (Phi) is 6.50. The lowest BCUT2D eigenvalue weighted by Crippen LogP contribution is -2.37. The monoisotopic (exact) mass is 352 g/mol. The fourth-order valence-electron chi connectivity index (χ4n) is 3.12. The number of aromatic nitrogens is 1. The number of ether oxygens (including phenoxy) is 1. The van der Waals surface area contributed by atoms with Crippen LogP contribution < -0.4 is 0 Å². The van der Waals surface area contributed by atoms with Gasteiger partial charge in [-0.05, 0) is 25.0 Å². The zero-order valence-electron chi connectivity index (χ0n) is 14.8. The second-order valence-electron chi connectivity index (χ2n) is 6.52. The molecule has 1 aliphatic rings. The van der Waals surface area contributed by atoms with E-state index in [2.05, 4.69) is 4.98 Å². The summed E-state index contributed by atoms with van der Waals surface area (Å²) in [5.41, 5.74) is 1.49. The van der Waals surface area contributed by atoms with Gasteiger partial charge in [0.15, 0.2) is 5.78 Å². The Bertz CT molecular complexity index is 713. The minimum absolute atomic E-state index is 0.00569. The molecule has 1 atom stereocenters. The van der Waals surface area contributed by atoms with Crippen LogP contribution in [0.1, 0.15) is 41.7 Å². The first-order valence-electron chi connectivity index (χ1n) is 9.10. The lowest BCUT2D eigenvalue weighted by Gasteiger charge is -2.25. The molecule has 0 N–H and O–H groups in total. The molecule has 2 heterocycles. The van der Waals surface area contributed by atoms with Crippen LogP contribution in [-0.4, -0.2) is 40.8 Å². The highest BCUT2D eigenvalue weighted by Gasteiger charge is 2.23. The summed E-state index contributed by atoms with van der Waals surface area (Å²) < 4.78 is 5.68. The Morgan fingerprint density at radius 1 is 1.08 bits per heavy atom. The van der Waals surface area contributed by atoms with Gasteiger partial charge in [-0.2, -0.15) is 0 Å². The molecule has 1 aliphatic heterocycles. The predicted molar refractivity (Wildman–Crippen MR) is 98.6 cm³/mol. The highest BCUT2D eigenvalue weighted by molar-refractivity contribution is 5.97. The van der Waals surface area contributed by atoms with Gasteiger partial charge in [-0.1, -0.05) is 36.4 Å². The largest absolute Gasteiger partial charge is 0.376 e. The molecule has 1 unspecified atom stereocenters. The van der Waals surface area contributed by atoms with Crippen LogP contribution in [-0.2, 0) is 16.1 Å². The molecule has 0 saturated carbocycles. The van der Waals surface area contributed by atoms with E-state index in [9.17, 15) is 9.59 Å². The van der Waals surface area contributed by atoms with Gasteiger partial charge in [0, 0.05) is 37.8 Å². The summed E-state index contributed by atoms with van der Waals surface area (Å²) in [6.07, 6.45) is 4.22. The lowest BCUT2D eigenvalue weighted by molar-refractivity contribution is -0.133. The van der Waals surface area contributed by atoms with E-state index < -0.39 is 0 Å². The van der Waals surface area contributed by atoms with E-state index in [-0.39, 0.29) is 30.6 Å². The van der Waals surface area contributed by atoms with Gasteiger partial charge in [-0.25, -0.2) is 0 Å². The number of pyridine rings is 1. The molecule has 3 rings (SSSR count). The Balaban J connectivity index is 1.60. The molecule has 1 saturated heterocycles. The molecule has 5 nitrogen and oxygen atoms in total. The molecule has 2 aromatic rings. The molecule has 0 aliphatic carbocycles. The third-order valence-corrected chi connectivity index (χ3v) is 4.54. The molecule has 1 amide bonds. The van der Waals surface area contributed by atoms with E-state index >= 15 is 0 Å². The molecule has 26 heavy (non-hydrogen) atoms. The van der Waals surface area contributed by atoms with Crippen molar-refractivity contribution in [3.8, 4) is 0 Å². The summed E-state index contributed by atoms with van der Waals surface area (Å²) in [4.78, 5) is 31.1. The van der Waals surface area contributed by atoms with Crippen molar-refractivity contribution >= 4 is 11.7 Å². The number of hydrogen-bond donors (Lipinski definition) is 0. The van der Waals surface area contributed by atoms with Crippen molar-refractivity contribution in [3.05, 3.63) is 66.0 Å². The van der Waals surface area contributed by atoms with E-state index in [1.54, 1.807) is 23.2 Å². The molecule has 1 aromatic heterocycles. The van der Waals surface area contributed by atoms with E-state index in [0.29, 0.717) is 18.7 Å². The highest BCUT2D eigenvalue weighted by Crippen LogP contribution is 2.16. The van der Waals surface area contributed by atoms with Crippen molar-refractivity contribution in [1.29, 1.82) is 0 Å². The maximum Gasteiger partial charge on any atom is 0.223 e. The summed E-state index contributed by atoms with van der Waals surface area (Å²) >= 11 is 0. The van der Waals surface area contributed by atoms with Crippen molar-refractivity contribution in [1.82, 2.24) is 9.88 Å². The van der Waals surface area contributed by atoms with E-state index in [1.165, 1.54) is 0 Å². The molecule has 1 fully saturated rings. The minimum Gasteiger partial charge on any atom is -0.376 e. The molecular formula is C21H24N2O3. The van der Waals surface area contributed by atoms with Crippen LogP contribution >= 0.6 is 0 Å². The predicted octanol–water partition coefficient (Wildman–Crippen LogP) is 3.25. The van der Waals surface area contributed by atoms with Crippen LogP contribution in [0.15, 0.2) is 54.7 Å². The smallest absolute Gasteiger partial charge is 0.223 e.